The average Bonchev–Trinajstić information content (AvgIpc) is 1.88. The number of hydrogen-bond donors (Lipinski definition) is 1. The third-order valence-corrected chi connectivity index (χ3v) is 1.05. The molecule has 5 nitrogen and oxygen atoms in total. The van der Waals surface area contributed by atoms with Gasteiger partial charge in [0.1, 0.15) is 0 Å². The van der Waals surface area contributed by atoms with Crippen LogP contribution in [-0.2, 0) is 4.57 Å². The molecule has 1 aromatic rings. The van der Waals surface area contributed by atoms with Crippen LogP contribution in [0.2, 0.25) is 0 Å². The third kappa shape index (κ3) is 4.40. The molecule has 0 bridgehead atoms. The molecule has 0 spiro atoms. The zero-order chi connectivity index (χ0) is 7.40. The summed E-state index contributed by atoms with van der Waals surface area (Å²) in [5.74, 6) is 0.0473. The van der Waals surface area contributed by atoms with E-state index in [-0.39, 0.29) is 36.9 Å². The SMILES string of the molecule is O=[P+](O)Oc1cnccn1.[H-].[Na+]. The van der Waals surface area contributed by atoms with Crippen molar-refractivity contribution in [2.75, 3.05) is 0 Å². The number of aromatic nitrogens is 2. The van der Waals surface area contributed by atoms with Gasteiger partial charge >= 0.3 is 37.8 Å². The van der Waals surface area contributed by atoms with Gasteiger partial charge in [-0.15, -0.1) is 4.89 Å². The molecule has 0 fully saturated rings. The first-order chi connectivity index (χ1) is 4.79. The summed E-state index contributed by atoms with van der Waals surface area (Å²) in [6.07, 6.45) is 4.06. The summed E-state index contributed by atoms with van der Waals surface area (Å²) in [5.41, 5.74) is 0. The number of nitrogens with zero attached hydrogens (tertiary/aromatic N) is 2. The topological polar surface area (TPSA) is 72.3 Å². The molecule has 1 N–H and O–H groups in total. The zero-order valence-corrected chi connectivity index (χ0v) is 8.73. The van der Waals surface area contributed by atoms with Crippen LogP contribution in [0.25, 0.3) is 0 Å². The van der Waals surface area contributed by atoms with E-state index in [4.69, 9.17) is 4.89 Å². The normalized spacial score (nSPS) is 9.73. The van der Waals surface area contributed by atoms with Gasteiger partial charge in [-0.05, 0) is 0 Å². The van der Waals surface area contributed by atoms with E-state index in [0.29, 0.717) is 0 Å². The quantitative estimate of drug-likeness (QED) is 0.409. The van der Waals surface area contributed by atoms with Crippen LogP contribution in [0.1, 0.15) is 1.43 Å². The van der Waals surface area contributed by atoms with Crippen molar-refractivity contribution in [3.63, 3.8) is 0 Å². The van der Waals surface area contributed by atoms with E-state index in [9.17, 15) is 4.57 Å². The summed E-state index contributed by atoms with van der Waals surface area (Å²) in [4.78, 5) is 15.4. The first-order valence-electron chi connectivity index (χ1n) is 2.39. The Morgan fingerprint density at radius 1 is 1.64 bits per heavy atom. The number of rotatable bonds is 2. The Hall–Kier alpha value is -0.0600. The maximum absolute atomic E-state index is 10.0. The first kappa shape index (κ1) is 10.9. The van der Waals surface area contributed by atoms with E-state index in [1.807, 2.05) is 0 Å². The van der Waals surface area contributed by atoms with Crippen LogP contribution in [0.15, 0.2) is 18.6 Å². The van der Waals surface area contributed by atoms with E-state index in [2.05, 4.69) is 14.5 Å². The molecule has 1 rings (SSSR count). The van der Waals surface area contributed by atoms with Crippen LogP contribution in [0.4, 0.5) is 0 Å². The zero-order valence-electron chi connectivity index (χ0n) is 6.84. The fourth-order valence-electron chi connectivity index (χ4n) is 0.413. The Morgan fingerprint density at radius 2 is 2.36 bits per heavy atom. The van der Waals surface area contributed by atoms with Crippen molar-refractivity contribution in [2.45, 2.75) is 0 Å². The second kappa shape index (κ2) is 5.57. The summed E-state index contributed by atoms with van der Waals surface area (Å²) in [6, 6.07) is 0. The van der Waals surface area contributed by atoms with Gasteiger partial charge in [0.05, 0.1) is 6.20 Å². The second-order valence-electron chi connectivity index (χ2n) is 1.37. The van der Waals surface area contributed by atoms with Crippen LogP contribution >= 0.6 is 8.25 Å². The summed E-state index contributed by atoms with van der Waals surface area (Å²) in [7, 11) is -2.63. The molecule has 0 aliphatic heterocycles. The maximum Gasteiger partial charge on any atom is 1.00 e. The minimum absolute atomic E-state index is 0. The third-order valence-electron chi connectivity index (χ3n) is 0.711. The molecule has 0 saturated carbocycles. The van der Waals surface area contributed by atoms with Gasteiger partial charge in [0.15, 0.2) is 0 Å². The van der Waals surface area contributed by atoms with Crippen molar-refractivity contribution in [3.05, 3.63) is 18.6 Å². The number of hydrogen-bond acceptors (Lipinski definition) is 4. The molecule has 1 unspecified atom stereocenters. The van der Waals surface area contributed by atoms with Crippen LogP contribution in [0.3, 0.4) is 0 Å². The molecule has 1 aromatic heterocycles. The van der Waals surface area contributed by atoms with Gasteiger partial charge in [0.2, 0.25) is 0 Å². The van der Waals surface area contributed by atoms with E-state index >= 15 is 0 Å². The predicted molar refractivity (Wildman–Crippen MR) is 33.6 cm³/mol. The molecule has 0 aliphatic rings. The van der Waals surface area contributed by atoms with Crippen molar-refractivity contribution in [1.82, 2.24) is 9.97 Å². The molecule has 0 radical (unpaired) electrons. The molecule has 1 atom stereocenters. The fourth-order valence-corrected chi connectivity index (χ4v) is 0.667. The van der Waals surface area contributed by atoms with E-state index < -0.39 is 8.25 Å². The van der Waals surface area contributed by atoms with E-state index in [1.54, 1.807) is 0 Å². The molecule has 54 valence electrons. The Bertz CT molecular complexity index is 237. The van der Waals surface area contributed by atoms with E-state index in [0.717, 1.165) is 0 Å². The average molecular weight is 183 g/mol. The van der Waals surface area contributed by atoms with Gasteiger partial charge in [-0.2, -0.15) is 0 Å². The van der Waals surface area contributed by atoms with Gasteiger partial charge in [-0.1, -0.05) is 0 Å². The molecule has 0 saturated heterocycles. The molecular weight excluding hydrogens is 178 g/mol. The summed E-state index contributed by atoms with van der Waals surface area (Å²) in [6.45, 7) is 0. The Balaban J connectivity index is 0. The van der Waals surface area contributed by atoms with Crippen molar-refractivity contribution >= 4 is 8.25 Å². The van der Waals surface area contributed by atoms with E-state index in [1.165, 1.54) is 18.6 Å². The van der Waals surface area contributed by atoms with Crippen molar-refractivity contribution in [1.29, 1.82) is 0 Å². The van der Waals surface area contributed by atoms with Gasteiger partial charge in [-0.25, -0.2) is 9.51 Å². The molecule has 0 amide bonds. The van der Waals surface area contributed by atoms with Crippen LogP contribution in [0, 0.1) is 0 Å². The maximum atomic E-state index is 10.0. The van der Waals surface area contributed by atoms with Crippen molar-refractivity contribution in [2.24, 2.45) is 0 Å². The van der Waals surface area contributed by atoms with Crippen molar-refractivity contribution in [3.8, 4) is 5.88 Å². The second-order valence-corrected chi connectivity index (χ2v) is 2.03. The Morgan fingerprint density at radius 3 is 2.82 bits per heavy atom. The Kier molecular flexibility index (Phi) is 5.54. The van der Waals surface area contributed by atoms with Crippen LogP contribution < -0.4 is 34.1 Å². The van der Waals surface area contributed by atoms with Gasteiger partial charge < -0.3 is 1.43 Å². The van der Waals surface area contributed by atoms with Crippen LogP contribution in [-0.4, -0.2) is 14.9 Å². The molecule has 11 heavy (non-hydrogen) atoms. The minimum atomic E-state index is -2.63. The van der Waals surface area contributed by atoms with Crippen LogP contribution in [0.5, 0.6) is 5.88 Å². The van der Waals surface area contributed by atoms with Gasteiger partial charge in [0.25, 0.3) is 5.88 Å². The summed E-state index contributed by atoms with van der Waals surface area (Å²) >= 11 is 0. The summed E-state index contributed by atoms with van der Waals surface area (Å²) in [5, 5.41) is 0. The van der Waals surface area contributed by atoms with Crippen molar-refractivity contribution < 1.29 is 45.0 Å². The van der Waals surface area contributed by atoms with Gasteiger partial charge in [0, 0.05) is 17.0 Å². The molecule has 0 aliphatic carbocycles. The molecule has 7 heteroatoms. The first-order valence-corrected chi connectivity index (χ1v) is 3.52. The standard InChI is InChI=1S/C4H3N2O3P.Na.H/c7-10(8)9-4-3-5-1-2-6-4;;/h1-3H;;/q;+1;-1/p+1. The molecule has 1 heterocycles. The summed E-state index contributed by atoms with van der Waals surface area (Å²) < 4.78 is 14.3. The smallest absolute Gasteiger partial charge is 1.00 e. The largest absolute Gasteiger partial charge is 1.00 e. The minimum Gasteiger partial charge on any atom is -1.00 e. The fraction of sp³-hybridized carbons (Fsp3) is 0. The Labute approximate surface area is 87.6 Å². The monoisotopic (exact) mass is 183 g/mol. The van der Waals surface area contributed by atoms with Gasteiger partial charge in [-0.3, -0.25) is 4.98 Å². The molecular formula is C4H5N2NaO3P+. The predicted octanol–water partition coefficient (Wildman–Crippen LogP) is -2.38. The molecule has 0 aromatic carbocycles.